The van der Waals surface area contributed by atoms with Gasteiger partial charge in [0.15, 0.2) is 0 Å². The monoisotopic (exact) mass is 433 g/mol. The number of carbonyl (C=O) groups is 1. The average Bonchev–Trinajstić information content (AvgIpc) is 2.67. The van der Waals surface area contributed by atoms with Crippen LogP contribution < -0.4 is 9.62 Å². The number of hydrogen-bond donors (Lipinski definition) is 1. The number of nitrogens with one attached hydrogen (secondary N) is 1. The number of anilines is 1. The molecule has 0 aliphatic heterocycles. The summed E-state index contributed by atoms with van der Waals surface area (Å²) in [6.45, 7) is 5.54. The first-order valence-corrected chi connectivity index (χ1v) is 11.4. The third-order valence-corrected chi connectivity index (χ3v) is 5.85. The summed E-state index contributed by atoms with van der Waals surface area (Å²) in [6.07, 6.45) is 1.65. The molecule has 30 heavy (non-hydrogen) atoms. The Bertz CT molecular complexity index is 993. The highest BCUT2D eigenvalue weighted by molar-refractivity contribution is 7.92. The van der Waals surface area contributed by atoms with Crippen molar-refractivity contribution in [1.29, 1.82) is 0 Å². The molecule has 8 nitrogen and oxygen atoms in total. The molecule has 2 rings (SSSR count). The Morgan fingerprint density at radius 3 is 2.27 bits per heavy atom. The molecule has 162 valence electrons. The molecule has 0 saturated carbocycles. The van der Waals surface area contributed by atoms with Gasteiger partial charge >= 0.3 is 0 Å². The fourth-order valence-corrected chi connectivity index (χ4v) is 4.45. The average molecular weight is 434 g/mol. The fraction of sp³-hybridized carbons (Fsp3) is 0.381. The van der Waals surface area contributed by atoms with E-state index in [0.717, 1.165) is 22.2 Å². The zero-order chi connectivity index (χ0) is 22.5. The number of amides is 1. The van der Waals surface area contributed by atoms with Gasteiger partial charge < -0.3 is 5.32 Å². The summed E-state index contributed by atoms with van der Waals surface area (Å²) < 4.78 is 25.8. The number of nitro benzene ring substituents is 1. The quantitative estimate of drug-likeness (QED) is 0.479. The number of benzene rings is 2. The predicted octanol–water partition coefficient (Wildman–Crippen LogP) is 3.65. The van der Waals surface area contributed by atoms with Gasteiger partial charge in [0.1, 0.15) is 6.04 Å². The fourth-order valence-electron chi connectivity index (χ4n) is 3.28. The SMILES string of the molecule is CC(C)C[C@@H](NC(=O)[C@@H](C)N(c1cccc([N+](=O)[O-])c1)S(C)(=O)=O)c1ccccc1. The third-order valence-electron chi connectivity index (χ3n) is 4.61. The molecular weight excluding hydrogens is 406 g/mol. The lowest BCUT2D eigenvalue weighted by molar-refractivity contribution is -0.384. The summed E-state index contributed by atoms with van der Waals surface area (Å²) in [5, 5.41) is 14.0. The van der Waals surface area contributed by atoms with Gasteiger partial charge in [-0.05, 0) is 30.9 Å². The maximum atomic E-state index is 13.0. The molecule has 1 amide bonds. The first kappa shape index (κ1) is 23.3. The van der Waals surface area contributed by atoms with Crippen molar-refractivity contribution in [3.05, 3.63) is 70.3 Å². The summed E-state index contributed by atoms with van der Waals surface area (Å²) >= 11 is 0. The molecule has 0 bridgehead atoms. The van der Waals surface area contributed by atoms with E-state index in [1.54, 1.807) is 0 Å². The highest BCUT2D eigenvalue weighted by Crippen LogP contribution is 2.26. The molecule has 0 heterocycles. The summed E-state index contributed by atoms with van der Waals surface area (Å²) in [4.78, 5) is 23.5. The molecule has 0 fully saturated rings. The van der Waals surface area contributed by atoms with Gasteiger partial charge in [-0.25, -0.2) is 8.42 Å². The van der Waals surface area contributed by atoms with Crippen LogP contribution in [-0.4, -0.2) is 31.5 Å². The predicted molar refractivity (Wildman–Crippen MR) is 117 cm³/mol. The van der Waals surface area contributed by atoms with Crippen LogP contribution in [0.15, 0.2) is 54.6 Å². The van der Waals surface area contributed by atoms with E-state index in [4.69, 9.17) is 0 Å². The molecule has 2 aromatic carbocycles. The Balaban J connectivity index is 2.35. The van der Waals surface area contributed by atoms with Gasteiger partial charge in [0.25, 0.3) is 5.69 Å². The summed E-state index contributed by atoms with van der Waals surface area (Å²) in [5.74, 6) is -0.185. The van der Waals surface area contributed by atoms with Crippen LogP contribution in [0.4, 0.5) is 11.4 Å². The minimum Gasteiger partial charge on any atom is -0.347 e. The maximum Gasteiger partial charge on any atom is 0.271 e. The van der Waals surface area contributed by atoms with E-state index >= 15 is 0 Å². The molecule has 0 radical (unpaired) electrons. The van der Waals surface area contributed by atoms with Gasteiger partial charge in [0, 0.05) is 12.1 Å². The van der Waals surface area contributed by atoms with Crippen molar-refractivity contribution < 1.29 is 18.1 Å². The Hall–Kier alpha value is -2.94. The molecule has 1 N–H and O–H groups in total. The van der Waals surface area contributed by atoms with Crippen LogP contribution in [0.2, 0.25) is 0 Å². The number of non-ortho nitro benzene ring substituents is 1. The van der Waals surface area contributed by atoms with E-state index in [0.29, 0.717) is 12.3 Å². The second-order valence-corrected chi connectivity index (χ2v) is 9.47. The molecule has 0 saturated heterocycles. The first-order valence-electron chi connectivity index (χ1n) is 9.60. The van der Waals surface area contributed by atoms with Gasteiger partial charge in [-0.1, -0.05) is 50.2 Å². The van der Waals surface area contributed by atoms with Gasteiger partial charge in [0.05, 0.1) is 22.9 Å². The van der Waals surface area contributed by atoms with Crippen molar-refractivity contribution in [3.8, 4) is 0 Å². The Morgan fingerprint density at radius 2 is 1.73 bits per heavy atom. The van der Waals surface area contributed by atoms with Crippen molar-refractivity contribution in [2.45, 2.75) is 39.3 Å². The van der Waals surface area contributed by atoms with Crippen LogP contribution in [0.5, 0.6) is 0 Å². The normalized spacial score (nSPS) is 13.5. The standard InChI is InChI=1S/C21H27N3O5S/c1-15(2)13-20(17-9-6-5-7-10-17)22-21(25)16(3)23(30(4,28)29)18-11-8-12-19(14-18)24(26)27/h5-12,14-16,20H,13H2,1-4H3,(H,22,25)/t16-,20-/m1/s1. The van der Waals surface area contributed by atoms with E-state index in [-0.39, 0.29) is 17.4 Å². The van der Waals surface area contributed by atoms with Crippen LogP contribution in [-0.2, 0) is 14.8 Å². The molecular formula is C21H27N3O5S. The summed E-state index contributed by atoms with van der Waals surface area (Å²) in [6, 6.07) is 13.3. The van der Waals surface area contributed by atoms with Gasteiger partial charge in [-0.15, -0.1) is 0 Å². The molecule has 0 aliphatic carbocycles. The molecule has 0 unspecified atom stereocenters. The largest absolute Gasteiger partial charge is 0.347 e. The van der Waals surface area contributed by atoms with Crippen molar-refractivity contribution in [2.75, 3.05) is 10.6 Å². The summed E-state index contributed by atoms with van der Waals surface area (Å²) in [5.41, 5.74) is 0.734. The molecule has 9 heteroatoms. The minimum absolute atomic E-state index is 0.0643. The summed E-state index contributed by atoms with van der Waals surface area (Å²) in [7, 11) is -3.88. The lowest BCUT2D eigenvalue weighted by Gasteiger charge is -2.30. The maximum absolute atomic E-state index is 13.0. The van der Waals surface area contributed by atoms with E-state index in [1.165, 1.54) is 25.1 Å². The molecule has 2 aromatic rings. The smallest absolute Gasteiger partial charge is 0.271 e. The highest BCUT2D eigenvalue weighted by Gasteiger charge is 2.31. The Morgan fingerprint density at radius 1 is 1.10 bits per heavy atom. The van der Waals surface area contributed by atoms with Crippen LogP contribution in [0.1, 0.15) is 38.8 Å². The minimum atomic E-state index is -3.88. The van der Waals surface area contributed by atoms with Crippen LogP contribution in [0.3, 0.4) is 0 Å². The topological polar surface area (TPSA) is 110 Å². The van der Waals surface area contributed by atoms with Gasteiger partial charge in [-0.2, -0.15) is 0 Å². The zero-order valence-corrected chi connectivity index (χ0v) is 18.3. The first-order chi connectivity index (χ1) is 14.0. The molecule has 0 spiro atoms. The second-order valence-electron chi connectivity index (χ2n) is 7.61. The number of nitro groups is 1. The highest BCUT2D eigenvalue weighted by atomic mass is 32.2. The van der Waals surface area contributed by atoms with E-state index in [2.05, 4.69) is 5.32 Å². The lowest BCUT2D eigenvalue weighted by atomic mass is 9.96. The van der Waals surface area contributed by atoms with Gasteiger partial charge in [0.2, 0.25) is 15.9 Å². The van der Waals surface area contributed by atoms with E-state index < -0.39 is 26.9 Å². The van der Waals surface area contributed by atoms with Crippen molar-refractivity contribution in [1.82, 2.24) is 5.32 Å². The Kier molecular flexibility index (Phi) is 7.55. The van der Waals surface area contributed by atoms with E-state index in [1.807, 2.05) is 44.2 Å². The number of carbonyl (C=O) groups excluding carboxylic acids is 1. The van der Waals surface area contributed by atoms with Crippen molar-refractivity contribution in [2.24, 2.45) is 5.92 Å². The van der Waals surface area contributed by atoms with Crippen LogP contribution in [0, 0.1) is 16.0 Å². The Labute approximate surface area is 177 Å². The second kappa shape index (κ2) is 9.71. The lowest BCUT2D eigenvalue weighted by Crippen LogP contribution is -2.48. The third kappa shape index (κ3) is 6.03. The van der Waals surface area contributed by atoms with Crippen LogP contribution >= 0.6 is 0 Å². The number of rotatable bonds is 9. The van der Waals surface area contributed by atoms with Crippen molar-refractivity contribution >= 4 is 27.3 Å². The van der Waals surface area contributed by atoms with Gasteiger partial charge in [-0.3, -0.25) is 19.2 Å². The van der Waals surface area contributed by atoms with Crippen LogP contribution in [0.25, 0.3) is 0 Å². The molecule has 0 aliphatic rings. The number of hydrogen-bond acceptors (Lipinski definition) is 5. The van der Waals surface area contributed by atoms with E-state index in [9.17, 15) is 23.3 Å². The zero-order valence-electron chi connectivity index (χ0n) is 17.5. The number of nitrogens with zero attached hydrogens (tertiary/aromatic N) is 2. The number of sulfonamides is 1. The molecule has 0 aromatic heterocycles. The van der Waals surface area contributed by atoms with Crippen molar-refractivity contribution in [3.63, 3.8) is 0 Å². The molecule has 2 atom stereocenters.